The molecular weight excluding hydrogens is 244 g/mol. The van der Waals surface area contributed by atoms with Gasteiger partial charge in [-0.2, -0.15) is 0 Å². The van der Waals surface area contributed by atoms with Gasteiger partial charge in [-0.3, -0.25) is 4.79 Å². The Balaban J connectivity index is 0.00000225. The molecule has 1 aromatic rings. The van der Waals surface area contributed by atoms with Gasteiger partial charge in [-0.05, 0) is 24.4 Å². The van der Waals surface area contributed by atoms with Crippen molar-refractivity contribution in [2.75, 3.05) is 19.6 Å². The van der Waals surface area contributed by atoms with Gasteiger partial charge < -0.3 is 10.6 Å². The minimum atomic E-state index is 0. The predicted molar refractivity (Wildman–Crippen MR) is 71.4 cm³/mol. The van der Waals surface area contributed by atoms with Crippen LogP contribution in [0, 0.1) is 0 Å². The highest BCUT2D eigenvalue weighted by Gasteiger charge is 2.01. The summed E-state index contributed by atoms with van der Waals surface area (Å²) >= 11 is 1.70. The lowest BCUT2D eigenvalue weighted by Gasteiger charge is -2.04. The van der Waals surface area contributed by atoms with E-state index < -0.39 is 0 Å². The normalized spacial score (nSPS) is 9.56. The molecule has 0 saturated carbocycles. The summed E-state index contributed by atoms with van der Waals surface area (Å²) in [6.07, 6.45) is 1.44. The molecular formula is C11H19ClN2OS. The van der Waals surface area contributed by atoms with Crippen LogP contribution in [0.1, 0.15) is 18.2 Å². The Labute approximate surface area is 107 Å². The van der Waals surface area contributed by atoms with Gasteiger partial charge in [0.1, 0.15) is 0 Å². The Hall–Kier alpha value is -0.580. The predicted octanol–water partition coefficient (Wildman–Crippen LogP) is 1.83. The first kappa shape index (κ1) is 15.4. The molecule has 3 nitrogen and oxygen atoms in total. The summed E-state index contributed by atoms with van der Waals surface area (Å²) in [7, 11) is 0. The first-order chi connectivity index (χ1) is 7.33. The van der Waals surface area contributed by atoms with Crippen molar-refractivity contribution in [1.29, 1.82) is 0 Å². The number of carbonyl (C=O) groups is 1. The average Bonchev–Trinajstić information content (AvgIpc) is 2.74. The zero-order chi connectivity index (χ0) is 10.9. The zero-order valence-corrected chi connectivity index (χ0v) is 11.1. The van der Waals surface area contributed by atoms with Crippen LogP contribution in [0.25, 0.3) is 0 Å². The van der Waals surface area contributed by atoms with Gasteiger partial charge in [0, 0.05) is 24.4 Å². The molecule has 0 bridgehead atoms. The van der Waals surface area contributed by atoms with E-state index in [1.807, 2.05) is 11.4 Å². The van der Waals surface area contributed by atoms with Crippen molar-refractivity contribution >= 4 is 29.7 Å². The summed E-state index contributed by atoms with van der Waals surface area (Å²) < 4.78 is 0. The number of aryl methyl sites for hydroxylation is 1. The molecule has 0 fully saturated rings. The van der Waals surface area contributed by atoms with Crippen molar-refractivity contribution in [3.8, 4) is 0 Å². The van der Waals surface area contributed by atoms with Crippen LogP contribution < -0.4 is 10.6 Å². The molecule has 0 aliphatic heterocycles. The third kappa shape index (κ3) is 6.82. The van der Waals surface area contributed by atoms with Gasteiger partial charge >= 0.3 is 0 Å². The first-order valence-electron chi connectivity index (χ1n) is 5.32. The molecule has 1 heterocycles. The molecule has 0 saturated heterocycles. The van der Waals surface area contributed by atoms with Gasteiger partial charge in [0.25, 0.3) is 0 Å². The monoisotopic (exact) mass is 262 g/mol. The quantitative estimate of drug-likeness (QED) is 0.736. The van der Waals surface area contributed by atoms with E-state index in [4.69, 9.17) is 0 Å². The molecule has 0 radical (unpaired) electrons. The summed E-state index contributed by atoms with van der Waals surface area (Å²) in [5.41, 5.74) is 0. The lowest BCUT2D eigenvalue weighted by Crippen LogP contribution is -2.31. The van der Waals surface area contributed by atoms with Crippen LogP contribution in [0.15, 0.2) is 17.5 Å². The van der Waals surface area contributed by atoms with Crippen molar-refractivity contribution in [1.82, 2.24) is 10.6 Å². The highest BCUT2D eigenvalue weighted by Crippen LogP contribution is 2.10. The SMILES string of the molecule is CCNCCNC(=O)CCc1cccs1.Cl. The standard InChI is InChI=1S/C11H18N2OS.ClH/c1-2-12-7-8-13-11(14)6-5-10-4-3-9-15-10;/h3-4,9,12H,2,5-8H2,1H3,(H,13,14);1H. The van der Waals surface area contributed by atoms with Crippen molar-refractivity contribution in [2.45, 2.75) is 19.8 Å². The maximum atomic E-state index is 11.4. The largest absolute Gasteiger partial charge is 0.355 e. The number of nitrogens with one attached hydrogen (secondary N) is 2. The smallest absolute Gasteiger partial charge is 0.220 e. The van der Waals surface area contributed by atoms with E-state index in [9.17, 15) is 4.79 Å². The van der Waals surface area contributed by atoms with Crippen LogP contribution >= 0.6 is 23.7 Å². The first-order valence-corrected chi connectivity index (χ1v) is 6.20. The molecule has 0 aliphatic carbocycles. The Bertz CT molecular complexity index is 278. The molecule has 0 unspecified atom stereocenters. The summed E-state index contributed by atoms with van der Waals surface area (Å²) in [5, 5.41) is 8.08. The van der Waals surface area contributed by atoms with E-state index in [-0.39, 0.29) is 18.3 Å². The molecule has 1 rings (SSSR count). The molecule has 16 heavy (non-hydrogen) atoms. The van der Waals surface area contributed by atoms with Gasteiger partial charge in [0.2, 0.25) is 5.91 Å². The highest BCUT2D eigenvalue weighted by atomic mass is 35.5. The number of hydrogen-bond donors (Lipinski definition) is 2. The molecule has 0 spiro atoms. The van der Waals surface area contributed by atoms with Crippen molar-refractivity contribution in [3.63, 3.8) is 0 Å². The van der Waals surface area contributed by atoms with E-state index in [0.29, 0.717) is 6.42 Å². The molecule has 0 atom stereocenters. The van der Waals surface area contributed by atoms with Crippen LogP contribution in [-0.2, 0) is 11.2 Å². The summed E-state index contributed by atoms with van der Waals surface area (Å²) in [5.74, 6) is 0.140. The molecule has 0 aliphatic rings. The van der Waals surface area contributed by atoms with E-state index in [1.54, 1.807) is 11.3 Å². The number of likely N-dealkylation sites (N-methyl/N-ethyl adjacent to an activating group) is 1. The highest BCUT2D eigenvalue weighted by molar-refractivity contribution is 7.09. The average molecular weight is 263 g/mol. The van der Waals surface area contributed by atoms with Gasteiger partial charge in [-0.1, -0.05) is 13.0 Å². The Morgan fingerprint density at radius 1 is 1.44 bits per heavy atom. The number of carbonyl (C=O) groups excluding carboxylic acids is 1. The van der Waals surface area contributed by atoms with Crippen LogP contribution in [0.4, 0.5) is 0 Å². The molecule has 1 aromatic heterocycles. The molecule has 92 valence electrons. The topological polar surface area (TPSA) is 41.1 Å². The Morgan fingerprint density at radius 3 is 2.88 bits per heavy atom. The van der Waals surface area contributed by atoms with Crippen molar-refractivity contribution < 1.29 is 4.79 Å². The van der Waals surface area contributed by atoms with Crippen LogP contribution in [0.5, 0.6) is 0 Å². The Kier molecular flexibility index (Phi) is 9.28. The zero-order valence-electron chi connectivity index (χ0n) is 9.49. The lowest BCUT2D eigenvalue weighted by atomic mass is 10.2. The summed E-state index contributed by atoms with van der Waals surface area (Å²) in [4.78, 5) is 12.6. The van der Waals surface area contributed by atoms with E-state index in [2.05, 4.69) is 23.6 Å². The van der Waals surface area contributed by atoms with E-state index in [0.717, 1.165) is 26.1 Å². The number of halogens is 1. The minimum Gasteiger partial charge on any atom is -0.355 e. The van der Waals surface area contributed by atoms with Crippen molar-refractivity contribution in [2.24, 2.45) is 0 Å². The van der Waals surface area contributed by atoms with Crippen LogP contribution in [0.2, 0.25) is 0 Å². The molecule has 1 amide bonds. The maximum Gasteiger partial charge on any atom is 0.220 e. The number of thiophene rings is 1. The van der Waals surface area contributed by atoms with Crippen LogP contribution in [-0.4, -0.2) is 25.5 Å². The third-order valence-electron chi connectivity index (χ3n) is 2.05. The number of rotatable bonds is 7. The Morgan fingerprint density at radius 2 is 2.25 bits per heavy atom. The van der Waals surface area contributed by atoms with Gasteiger partial charge in [0.05, 0.1) is 0 Å². The molecule has 0 aromatic carbocycles. The van der Waals surface area contributed by atoms with Gasteiger partial charge in [0.15, 0.2) is 0 Å². The van der Waals surface area contributed by atoms with Crippen molar-refractivity contribution in [3.05, 3.63) is 22.4 Å². The fourth-order valence-electron chi connectivity index (χ4n) is 1.25. The summed E-state index contributed by atoms with van der Waals surface area (Å²) in [6.45, 7) is 4.57. The number of hydrogen-bond acceptors (Lipinski definition) is 3. The fourth-order valence-corrected chi connectivity index (χ4v) is 1.96. The maximum absolute atomic E-state index is 11.4. The molecule has 2 N–H and O–H groups in total. The van der Waals surface area contributed by atoms with Crippen LogP contribution in [0.3, 0.4) is 0 Å². The lowest BCUT2D eigenvalue weighted by molar-refractivity contribution is -0.121. The minimum absolute atomic E-state index is 0. The summed E-state index contributed by atoms with van der Waals surface area (Å²) in [6, 6.07) is 4.08. The van der Waals surface area contributed by atoms with E-state index >= 15 is 0 Å². The van der Waals surface area contributed by atoms with E-state index in [1.165, 1.54) is 4.88 Å². The second kappa shape index (κ2) is 9.63. The second-order valence-corrected chi connectivity index (χ2v) is 4.32. The van der Waals surface area contributed by atoms with Gasteiger partial charge in [-0.25, -0.2) is 0 Å². The number of amides is 1. The second-order valence-electron chi connectivity index (χ2n) is 3.28. The molecule has 5 heteroatoms. The van der Waals surface area contributed by atoms with Gasteiger partial charge in [-0.15, -0.1) is 23.7 Å². The fraction of sp³-hybridized carbons (Fsp3) is 0.545. The third-order valence-corrected chi connectivity index (χ3v) is 2.99.